The lowest BCUT2D eigenvalue weighted by Gasteiger charge is -2.05. The van der Waals surface area contributed by atoms with E-state index in [4.69, 9.17) is 9.15 Å². The van der Waals surface area contributed by atoms with E-state index in [9.17, 15) is 9.90 Å². The predicted octanol–water partition coefficient (Wildman–Crippen LogP) is 3.98. The van der Waals surface area contributed by atoms with Crippen LogP contribution >= 0.6 is 0 Å². The zero-order chi connectivity index (χ0) is 23.8. The molecule has 0 amide bonds. The minimum absolute atomic E-state index is 0.233. The minimum Gasteiger partial charge on any atom is -0.497 e. The molecule has 3 heterocycles. The normalized spacial score (nSPS) is 11.3. The predicted molar refractivity (Wildman–Crippen MR) is 128 cm³/mol. The van der Waals surface area contributed by atoms with E-state index in [2.05, 4.69) is 10.1 Å². The fraction of sp³-hybridized carbons (Fsp3) is 0.192. The summed E-state index contributed by atoms with van der Waals surface area (Å²) in [6, 6.07) is 15.3. The second-order valence-corrected chi connectivity index (χ2v) is 8.13. The lowest BCUT2D eigenvalue weighted by atomic mass is 10.1. The number of hydrogen-bond acceptors (Lipinski definition) is 6. The maximum atomic E-state index is 13.4. The molecule has 34 heavy (non-hydrogen) atoms. The first-order valence-corrected chi connectivity index (χ1v) is 10.9. The van der Waals surface area contributed by atoms with Crippen LogP contribution in [-0.2, 0) is 13.2 Å². The molecule has 8 nitrogen and oxygen atoms in total. The first kappa shape index (κ1) is 21.7. The molecule has 0 spiro atoms. The fourth-order valence-electron chi connectivity index (χ4n) is 3.96. The number of fused-ring (bicyclic) bond motifs is 1. The molecule has 1 N–H and O–H groups in total. The molecule has 0 bridgehead atoms. The SMILES string of the molecule is COc1ccc(-c2nc(Cn3ccn4nc(-c5ccc(C)cc5)c(CO)c4c3=O)c(C)o2)cc1. The molecule has 2 aromatic carbocycles. The van der Waals surface area contributed by atoms with Crippen molar-refractivity contribution in [1.82, 2.24) is 19.2 Å². The number of methoxy groups -OCH3 is 1. The first-order chi connectivity index (χ1) is 16.5. The first-order valence-electron chi connectivity index (χ1n) is 10.9. The average molecular weight is 457 g/mol. The van der Waals surface area contributed by atoms with E-state index in [1.807, 2.05) is 62.4 Å². The Kier molecular flexibility index (Phi) is 5.51. The summed E-state index contributed by atoms with van der Waals surface area (Å²) >= 11 is 0. The number of aliphatic hydroxyl groups excluding tert-OH is 1. The van der Waals surface area contributed by atoms with Crippen molar-refractivity contribution in [2.75, 3.05) is 7.11 Å². The number of rotatable bonds is 6. The molecule has 0 aliphatic heterocycles. The molecule has 0 unspecified atom stereocenters. The van der Waals surface area contributed by atoms with Gasteiger partial charge in [-0.3, -0.25) is 4.79 Å². The third kappa shape index (κ3) is 3.78. The molecule has 0 fully saturated rings. The molecule has 3 aromatic heterocycles. The van der Waals surface area contributed by atoms with Crippen LogP contribution in [0.2, 0.25) is 0 Å². The highest BCUT2D eigenvalue weighted by atomic mass is 16.5. The second-order valence-electron chi connectivity index (χ2n) is 8.13. The van der Waals surface area contributed by atoms with E-state index in [1.54, 1.807) is 24.1 Å². The number of aliphatic hydroxyl groups is 1. The van der Waals surface area contributed by atoms with Crippen molar-refractivity contribution in [3.63, 3.8) is 0 Å². The lowest BCUT2D eigenvalue weighted by molar-refractivity contribution is 0.283. The lowest BCUT2D eigenvalue weighted by Crippen LogP contribution is -2.23. The van der Waals surface area contributed by atoms with Crippen LogP contribution in [0.3, 0.4) is 0 Å². The molecule has 8 heteroatoms. The average Bonchev–Trinajstić information content (AvgIpc) is 3.42. The van der Waals surface area contributed by atoms with Gasteiger partial charge in [0.25, 0.3) is 5.56 Å². The van der Waals surface area contributed by atoms with Gasteiger partial charge in [0.15, 0.2) is 0 Å². The highest BCUT2D eigenvalue weighted by molar-refractivity contribution is 5.72. The molecule has 0 radical (unpaired) electrons. The monoisotopic (exact) mass is 456 g/mol. The number of benzene rings is 2. The number of ether oxygens (including phenoxy) is 1. The summed E-state index contributed by atoms with van der Waals surface area (Å²) in [4.78, 5) is 18.0. The Morgan fingerprint density at radius 3 is 2.38 bits per heavy atom. The number of aromatic nitrogens is 4. The summed E-state index contributed by atoms with van der Waals surface area (Å²) < 4.78 is 14.1. The van der Waals surface area contributed by atoms with Gasteiger partial charge in [-0.15, -0.1) is 0 Å². The van der Waals surface area contributed by atoms with Crippen LogP contribution in [0.25, 0.3) is 28.2 Å². The standard InChI is InChI=1S/C26H24N4O4/c1-16-4-6-18(7-5-16)23-21(15-31)24-26(32)29(12-13-30(24)28-23)14-22-17(2)34-25(27-22)19-8-10-20(33-3)11-9-19/h4-13,31H,14-15H2,1-3H3. The number of nitrogens with zero attached hydrogens (tertiary/aromatic N) is 4. The Balaban J connectivity index is 1.52. The number of hydrogen-bond donors (Lipinski definition) is 1. The van der Waals surface area contributed by atoms with Gasteiger partial charge in [-0.1, -0.05) is 29.8 Å². The smallest absolute Gasteiger partial charge is 0.277 e. The maximum Gasteiger partial charge on any atom is 0.277 e. The molecular weight excluding hydrogens is 432 g/mol. The highest BCUT2D eigenvalue weighted by Gasteiger charge is 2.19. The van der Waals surface area contributed by atoms with Gasteiger partial charge in [-0.25, -0.2) is 9.50 Å². The Hall–Kier alpha value is -4.17. The van der Waals surface area contributed by atoms with Crippen molar-refractivity contribution in [1.29, 1.82) is 0 Å². The number of oxazole rings is 1. The van der Waals surface area contributed by atoms with E-state index < -0.39 is 0 Å². The van der Waals surface area contributed by atoms with Gasteiger partial charge >= 0.3 is 0 Å². The second kappa shape index (κ2) is 8.64. The molecule has 0 aliphatic rings. The van der Waals surface area contributed by atoms with E-state index in [-0.39, 0.29) is 18.7 Å². The van der Waals surface area contributed by atoms with Crippen LogP contribution in [0, 0.1) is 13.8 Å². The Morgan fingerprint density at radius 2 is 1.71 bits per heavy atom. The molecule has 0 aliphatic carbocycles. The van der Waals surface area contributed by atoms with Crippen LogP contribution in [0.4, 0.5) is 0 Å². The van der Waals surface area contributed by atoms with Crippen molar-refractivity contribution < 1.29 is 14.3 Å². The van der Waals surface area contributed by atoms with Crippen LogP contribution in [0.5, 0.6) is 5.75 Å². The van der Waals surface area contributed by atoms with Crippen LogP contribution in [0.1, 0.15) is 22.6 Å². The van der Waals surface area contributed by atoms with Crippen LogP contribution in [0.15, 0.2) is 70.1 Å². The molecular formula is C26H24N4O4. The van der Waals surface area contributed by atoms with Gasteiger partial charge < -0.3 is 18.8 Å². The zero-order valence-electron chi connectivity index (χ0n) is 19.1. The Labute approximate surface area is 195 Å². The van der Waals surface area contributed by atoms with Crippen molar-refractivity contribution >= 4 is 5.52 Å². The van der Waals surface area contributed by atoms with E-state index >= 15 is 0 Å². The van der Waals surface area contributed by atoms with Crippen molar-refractivity contribution in [3.8, 4) is 28.5 Å². The minimum atomic E-state index is -0.295. The molecule has 5 aromatic rings. The Morgan fingerprint density at radius 1 is 1.00 bits per heavy atom. The van der Waals surface area contributed by atoms with Gasteiger partial charge in [-0.2, -0.15) is 5.10 Å². The van der Waals surface area contributed by atoms with Crippen molar-refractivity contribution in [2.24, 2.45) is 0 Å². The molecule has 0 saturated heterocycles. The summed E-state index contributed by atoms with van der Waals surface area (Å²) in [6.45, 7) is 3.77. The summed E-state index contributed by atoms with van der Waals surface area (Å²) in [5.74, 6) is 1.86. The summed E-state index contributed by atoms with van der Waals surface area (Å²) in [5, 5.41) is 14.7. The van der Waals surface area contributed by atoms with Crippen LogP contribution < -0.4 is 10.3 Å². The third-order valence-electron chi connectivity index (χ3n) is 5.89. The van der Waals surface area contributed by atoms with Crippen LogP contribution in [-0.4, -0.2) is 31.4 Å². The Bertz CT molecular complexity index is 1530. The van der Waals surface area contributed by atoms with Gasteiger partial charge in [0.2, 0.25) is 5.89 Å². The van der Waals surface area contributed by atoms with Gasteiger partial charge in [-0.05, 0) is 38.1 Å². The molecule has 5 rings (SSSR count). The quantitative estimate of drug-likeness (QED) is 0.415. The topological polar surface area (TPSA) is 94.8 Å². The fourth-order valence-corrected chi connectivity index (χ4v) is 3.96. The van der Waals surface area contributed by atoms with Crippen molar-refractivity contribution in [2.45, 2.75) is 27.0 Å². The van der Waals surface area contributed by atoms with E-state index in [1.165, 1.54) is 4.52 Å². The summed E-state index contributed by atoms with van der Waals surface area (Å²) in [5.41, 5.74) is 4.62. The van der Waals surface area contributed by atoms with Crippen molar-refractivity contribution in [3.05, 3.63) is 93.9 Å². The van der Waals surface area contributed by atoms with Gasteiger partial charge in [0, 0.05) is 29.1 Å². The van der Waals surface area contributed by atoms with Gasteiger partial charge in [0.1, 0.15) is 22.7 Å². The summed E-state index contributed by atoms with van der Waals surface area (Å²) in [7, 11) is 1.61. The molecule has 0 atom stereocenters. The summed E-state index contributed by atoms with van der Waals surface area (Å²) in [6.07, 6.45) is 3.39. The van der Waals surface area contributed by atoms with E-state index in [0.29, 0.717) is 34.1 Å². The molecule has 0 saturated carbocycles. The van der Waals surface area contributed by atoms with E-state index in [0.717, 1.165) is 22.4 Å². The largest absolute Gasteiger partial charge is 0.497 e. The zero-order valence-corrected chi connectivity index (χ0v) is 19.1. The number of aryl methyl sites for hydroxylation is 2. The maximum absolute atomic E-state index is 13.4. The molecule has 172 valence electrons. The third-order valence-corrected chi connectivity index (χ3v) is 5.89. The van der Waals surface area contributed by atoms with Gasteiger partial charge in [0.05, 0.1) is 26.0 Å². The highest BCUT2D eigenvalue weighted by Crippen LogP contribution is 2.26.